The van der Waals surface area contributed by atoms with Crippen molar-refractivity contribution in [2.45, 2.75) is 6.92 Å². The first-order chi connectivity index (χ1) is 8.66. The van der Waals surface area contributed by atoms with E-state index in [4.69, 9.17) is 12.2 Å². The molecule has 1 aromatic heterocycles. The summed E-state index contributed by atoms with van der Waals surface area (Å²) in [5.74, 6) is 0.311. The number of benzene rings is 1. The lowest BCUT2D eigenvalue weighted by Crippen LogP contribution is -2.20. The van der Waals surface area contributed by atoms with E-state index in [0.717, 1.165) is 5.56 Å². The first-order valence-electron chi connectivity index (χ1n) is 5.41. The summed E-state index contributed by atoms with van der Waals surface area (Å²) >= 11 is 5.11. The van der Waals surface area contributed by atoms with Crippen LogP contribution in [0.1, 0.15) is 5.56 Å². The molecule has 0 aliphatic heterocycles. The topological polar surface area (TPSA) is 37.0 Å². The number of aryl methyl sites for hydroxylation is 1. The molecule has 1 aromatic carbocycles. The summed E-state index contributed by atoms with van der Waals surface area (Å²) in [4.78, 5) is 4.15. The molecule has 0 aliphatic carbocycles. The van der Waals surface area contributed by atoms with Gasteiger partial charge < -0.3 is 10.6 Å². The van der Waals surface area contributed by atoms with Crippen molar-refractivity contribution in [2.75, 3.05) is 10.6 Å². The number of pyridine rings is 1. The van der Waals surface area contributed by atoms with Crippen LogP contribution in [0, 0.1) is 12.7 Å². The molecular weight excluding hydrogens is 249 g/mol. The maximum Gasteiger partial charge on any atom is 0.176 e. The average Bonchev–Trinajstić information content (AvgIpc) is 2.35. The highest BCUT2D eigenvalue weighted by atomic mass is 32.1. The predicted octanol–water partition coefficient (Wildman–Crippen LogP) is 3.34. The summed E-state index contributed by atoms with van der Waals surface area (Å²) < 4.78 is 13.4. The molecule has 0 fully saturated rings. The normalized spacial score (nSPS) is 9.89. The van der Waals surface area contributed by atoms with Gasteiger partial charge in [-0.05, 0) is 42.9 Å². The van der Waals surface area contributed by atoms with Crippen LogP contribution in [0.3, 0.4) is 0 Å². The lowest BCUT2D eigenvalue weighted by Gasteiger charge is -2.11. The lowest BCUT2D eigenvalue weighted by atomic mass is 10.3. The van der Waals surface area contributed by atoms with Gasteiger partial charge in [-0.1, -0.05) is 18.2 Å². The molecular formula is C13H12FN3S. The standard InChI is InChI=1S/C13H12FN3S/c1-9-5-4-8-15-12(9)17-13(18)16-11-7-3-2-6-10(11)14/h2-8H,1H3,(H2,15,16,17,18). The molecule has 0 radical (unpaired) electrons. The Hall–Kier alpha value is -2.01. The van der Waals surface area contributed by atoms with E-state index in [0.29, 0.717) is 16.6 Å². The van der Waals surface area contributed by atoms with Crippen molar-refractivity contribution >= 4 is 28.8 Å². The monoisotopic (exact) mass is 261 g/mol. The molecule has 2 rings (SSSR count). The van der Waals surface area contributed by atoms with E-state index < -0.39 is 0 Å². The van der Waals surface area contributed by atoms with Crippen LogP contribution < -0.4 is 10.6 Å². The van der Waals surface area contributed by atoms with Gasteiger partial charge in [-0.2, -0.15) is 0 Å². The minimum atomic E-state index is -0.348. The van der Waals surface area contributed by atoms with E-state index in [9.17, 15) is 4.39 Å². The highest BCUT2D eigenvalue weighted by Gasteiger charge is 2.05. The fraction of sp³-hybridized carbons (Fsp3) is 0.0769. The number of hydrogen-bond acceptors (Lipinski definition) is 2. The fourth-order valence-electron chi connectivity index (χ4n) is 1.44. The van der Waals surface area contributed by atoms with Crippen LogP contribution in [0.15, 0.2) is 42.6 Å². The van der Waals surface area contributed by atoms with E-state index in [-0.39, 0.29) is 5.82 Å². The fourth-order valence-corrected chi connectivity index (χ4v) is 1.65. The van der Waals surface area contributed by atoms with E-state index >= 15 is 0 Å². The van der Waals surface area contributed by atoms with Gasteiger partial charge in [0.05, 0.1) is 5.69 Å². The molecule has 92 valence electrons. The van der Waals surface area contributed by atoms with Crippen molar-refractivity contribution in [3.05, 3.63) is 54.0 Å². The number of nitrogens with one attached hydrogen (secondary N) is 2. The number of anilines is 2. The van der Waals surface area contributed by atoms with Gasteiger partial charge in [-0.3, -0.25) is 0 Å². The van der Waals surface area contributed by atoms with E-state index in [1.165, 1.54) is 6.07 Å². The van der Waals surface area contributed by atoms with Gasteiger partial charge in [-0.15, -0.1) is 0 Å². The largest absolute Gasteiger partial charge is 0.330 e. The highest BCUT2D eigenvalue weighted by molar-refractivity contribution is 7.80. The summed E-state index contributed by atoms with van der Waals surface area (Å²) in [6.07, 6.45) is 1.67. The van der Waals surface area contributed by atoms with Crippen LogP contribution in [0.4, 0.5) is 15.9 Å². The number of hydrogen-bond donors (Lipinski definition) is 2. The molecule has 0 saturated carbocycles. The molecule has 2 aromatic rings. The van der Waals surface area contributed by atoms with Gasteiger partial charge in [0.15, 0.2) is 5.11 Å². The number of aromatic nitrogens is 1. The molecule has 3 nitrogen and oxygen atoms in total. The summed E-state index contributed by atoms with van der Waals surface area (Å²) in [6.45, 7) is 1.92. The van der Waals surface area contributed by atoms with Crippen molar-refractivity contribution in [3.63, 3.8) is 0 Å². The van der Waals surface area contributed by atoms with E-state index in [2.05, 4.69) is 15.6 Å². The molecule has 0 saturated heterocycles. The predicted molar refractivity (Wildman–Crippen MR) is 75.2 cm³/mol. The summed E-state index contributed by atoms with van der Waals surface area (Å²) in [5.41, 5.74) is 1.30. The minimum Gasteiger partial charge on any atom is -0.330 e. The zero-order chi connectivity index (χ0) is 13.0. The molecule has 5 heteroatoms. The average molecular weight is 261 g/mol. The first-order valence-corrected chi connectivity index (χ1v) is 5.82. The zero-order valence-corrected chi connectivity index (χ0v) is 10.6. The smallest absolute Gasteiger partial charge is 0.176 e. The molecule has 2 N–H and O–H groups in total. The number of thiocarbonyl (C=S) groups is 1. The second-order valence-corrected chi connectivity index (χ2v) is 4.14. The summed E-state index contributed by atoms with van der Waals surface area (Å²) in [6, 6.07) is 10.1. The van der Waals surface area contributed by atoms with Gasteiger partial charge in [0, 0.05) is 6.20 Å². The lowest BCUT2D eigenvalue weighted by molar-refractivity contribution is 0.632. The summed E-state index contributed by atoms with van der Waals surface area (Å²) in [7, 11) is 0. The SMILES string of the molecule is Cc1cccnc1NC(=S)Nc1ccccc1F. The van der Waals surface area contributed by atoms with Crippen molar-refractivity contribution in [2.24, 2.45) is 0 Å². The molecule has 0 aliphatic rings. The van der Waals surface area contributed by atoms with Crippen molar-refractivity contribution in [3.8, 4) is 0 Å². The third-order valence-electron chi connectivity index (χ3n) is 2.36. The van der Waals surface area contributed by atoms with Gasteiger partial charge in [0.1, 0.15) is 11.6 Å². The van der Waals surface area contributed by atoms with Crippen LogP contribution in [-0.2, 0) is 0 Å². The molecule has 18 heavy (non-hydrogen) atoms. The van der Waals surface area contributed by atoms with Crippen molar-refractivity contribution < 1.29 is 4.39 Å². The Kier molecular flexibility index (Phi) is 3.84. The number of nitrogens with zero attached hydrogens (tertiary/aromatic N) is 1. The molecule has 0 atom stereocenters. The zero-order valence-electron chi connectivity index (χ0n) is 9.77. The second kappa shape index (κ2) is 5.55. The molecule has 0 amide bonds. The van der Waals surface area contributed by atoms with Gasteiger partial charge in [-0.25, -0.2) is 9.37 Å². The van der Waals surface area contributed by atoms with E-state index in [1.54, 1.807) is 24.4 Å². The maximum atomic E-state index is 13.4. The number of halogens is 1. The quantitative estimate of drug-likeness (QED) is 0.813. The van der Waals surface area contributed by atoms with E-state index in [1.807, 2.05) is 19.1 Å². The van der Waals surface area contributed by atoms with Gasteiger partial charge in [0.2, 0.25) is 0 Å². The molecule has 0 unspecified atom stereocenters. The van der Waals surface area contributed by atoms with Crippen LogP contribution in [0.25, 0.3) is 0 Å². The number of rotatable bonds is 2. The molecule has 0 spiro atoms. The minimum absolute atomic E-state index is 0.307. The number of para-hydroxylation sites is 1. The van der Waals surface area contributed by atoms with Gasteiger partial charge in [0.25, 0.3) is 0 Å². The van der Waals surface area contributed by atoms with Crippen LogP contribution in [0.5, 0.6) is 0 Å². The Bertz CT molecular complexity index is 522. The van der Waals surface area contributed by atoms with Crippen molar-refractivity contribution in [1.29, 1.82) is 0 Å². The Morgan fingerprint density at radius 2 is 1.94 bits per heavy atom. The maximum absolute atomic E-state index is 13.4. The molecule has 1 heterocycles. The van der Waals surface area contributed by atoms with Crippen molar-refractivity contribution in [1.82, 2.24) is 4.98 Å². The van der Waals surface area contributed by atoms with Crippen LogP contribution >= 0.6 is 12.2 Å². The van der Waals surface area contributed by atoms with Crippen LogP contribution in [-0.4, -0.2) is 10.1 Å². The Labute approximate surface area is 110 Å². The van der Waals surface area contributed by atoms with Crippen LogP contribution in [0.2, 0.25) is 0 Å². The highest BCUT2D eigenvalue weighted by Crippen LogP contribution is 2.14. The Morgan fingerprint density at radius 1 is 1.17 bits per heavy atom. The Morgan fingerprint density at radius 3 is 2.67 bits per heavy atom. The summed E-state index contributed by atoms with van der Waals surface area (Å²) in [5, 5.41) is 6.03. The Balaban J connectivity index is 2.06. The third-order valence-corrected chi connectivity index (χ3v) is 2.57. The van der Waals surface area contributed by atoms with Gasteiger partial charge >= 0.3 is 0 Å². The first kappa shape index (κ1) is 12.4. The third kappa shape index (κ3) is 3.01. The second-order valence-electron chi connectivity index (χ2n) is 3.73. The molecule has 0 bridgehead atoms.